The van der Waals surface area contributed by atoms with Gasteiger partial charge in [0, 0.05) is 12.7 Å². The third-order valence-electron chi connectivity index (χ3n) is 3.88. The molecule has 0 N–H and O–H groups in total. The number of nitrogens with zero attached hydrogens (tertiary/aromatic N) is 4. The minimum atomic E-state index is 0.0111. The zero-order valence-electron chi connectivity index (χ0n) is 11.3. The zero-order chi connectivity index (χ0) is 14.2. The van der Waals surface area contributed by atoms with Gasteiger partial charge in [0.2, 0.25) is 0 Å². The van der Waals surface area contributed by atoms with Gasteiger partial charge < -0.3 is 4.90 Å². The average Bonchev–Trinajstić information content (AvgIpc) is 3.25. The fraction of sp³-hybridized carbons (Fsp3) is 0.267. The highest BCUT2D eigenvalue weighted by atomic mass is 32.1. The fourth-order valence-electron chi connectivity index (χ4n) is 2.91. The van der Waals surface area contributed by atoms with E-state index in [0.29, 0.717) is 0 Å². The van der Waals surface area contributed by atoms with Crippen LogP contribution in [0.5, 0.6) is 0 Å². The first-order chi connectivity index (χ1) is 10.3. The summed E-state index contributed by atoms with van der Waals surface area (Å²) in [7, 11) is 0. The Labute approximate surface area is 125 Å². The molecule has 4 rings (SSSR count). The van der Waals surface area contributed by atoms with Gasteiger partial charge in [-0.2, -0.15) is 0 Å². The van der Waals surface area contributed by atoms with E-state index in [2.05, 4.69) is 10.2 Å². The molecule has 0 unspecified atom stereocenters. The van der Waals surface area contributed by atoms with Gasteiger partial charge in [0.1, 0.15) is 0 Å². The van der Waals surface area contributed by atoms with Gasteiger partial charge in [-0.1, -0.05) is 12.1 Å². The quantitative estimate of drug-likeness (QED) is 0.731. The molecule has 5 nitrogen and oxygen atoms in total. The lowest BCUT2D eigenvalue weighted by atomic mass is 10.2. The third kappa shape index (κ3) is 2.03. The normalized spacial score (nSPS) is 18.5. The first-order valence-corrected chi connectivity index (χ1v) is 7.87. The van der Waals surface area contributed by atoms with Crippen LogP contribution in [-0.4, -0.2) is 31.9 Å². The van der Waals surface area contributed by atoms with Crippen molar-refractivity contribution < 1.29 is 4.79 Å². The summed E-state index contributed by atoms with van der Waals surface area (Å²) in [5.74, 6) is 0.952. The van der Waals surface area contributed by atoms with E-state index in [9.17, 15) is 4.79 Å². The van der Waals surface area contributed by atoms with Crippen molar-refractivity contribution in [1.29, 1.82) is 0 Å². The Morgan fingerprint density at radius 1 is 1.24 bits per heavy atom. The van der Waals surface area contributed by atoms with E-state index in [1.165, 1.54) is 11.3 Å². The largest absolute Gasteiger partial charge is 0.328 e. The number of hydrogen-bond donors (Lipinski definition) is 0. The Morgan fingerprint density at radius 2 is 2.19 bits per heavy atom. The second kappa shape index (κ2) is 4.96. The molecule has 4 heterocycles. The second-order valence-electron chi connectivity index (χ2n) is 5.12. The molecule has 3 aromatic heterocycles. The molecule has 1 aliphatic heterocycles. The van der Waals surface area contributed by atoms with Crippen molar-refractivity contribution in [2.45, 2.75) is 18.9 Å². The monoisotopic (exact) mass is 298 g/mol. The second-order valence-corrected chi connectivity index (χ2v) is 6.07. The summed E-state index contributed by atoms with van der Waals surface area (Å²) >= 11 is 1.49. The topological polar surface area (TPSA) is 50.5 Å². The summed E-state index contributed by atoms with van der Waals surface area (Å²) in [6.07, 6.45) is 3.90. The minimum absolute atomic E-state index is 0.0111. The molecule has 0 aliphatic carbocycles. The van der Waals surface area contributed by atoms with Crippen LogP contribution in [0.2, 0.25) is 0 Å². The van der Waals surface area contributed by atoms with Crippen molar-refractivity contribution >= 4 is 22.9 Å². The maximum Gasteiger partial charge on any atom is 0.264 e. The molecule has 6 heteroatoms. The van der Waals surface area contributed by atoms with Crippen LogP contribution in [0.3, 0.4) is 0 Å². The maximum absolute atomic E-state index is 12.6. The molecule has 21 heavy (non-hydrogen) atoms. The lowest BCUT2D eigenvalue weighted by Gasteiger charge is -2.22. The number of carbonyl (C=O) groups is 1. The van der Waals surface area contributed by atoms with E-state index >= 15 is 0 Å². The number of carbonyl (C=O) groups excluding carboxylic acids is 1. The van der Waals surface area contributed by atoms with Gasteiger partial charge in [0.15, 0.2) is 11.5 Å². The van der Waals surface area contributed by atoms with Crippen LogP contribution in [0.1, 0.15) is 34.4 Å². The van der Waals surface area contributed by atoms with E-state index in [-0.39, 0.29) is 11.9 Å². The predicted molar refractivity (Wildman–Crippen MR) is 80.3 cm³/mol. The highest BCUT2D eigenvalue weighted by Gasteiger charge is 2.33. The van der Waals surface area contributed by atoms with Crippen LogP contribution < -0.4 is 0 Å². The van der Waals surface area contributed by atoms with Gasteiger partial charge in [0.25, 0.3) is 5.91 Å². The average molecular weight is 298 g/mol. The van der Waals surface area contributed by atoms with Crippen molar-refractivity contribution in [3.63, 3.8) is 0 Å². The van der Waals surface area contributed by atoms with Crippen LogP contribution >= 0.6 is 11.3 Å². The highest BCUT2D eigenvalue weighted by molar-refractivity contribution is 7.12. The van der Waals surface area contributed by atoms with Gasteiger partial charge in [-0.3, -0.25) is 9.20 Å². The first-order valence-electron chi connectivity index (χ1n) is 6.99. The van der Waals surface area contributed by atoms with Gasteiger partial charge in [-0.15, -0.1) is 21.5 Å². The van der Waals surface area contributed by atoms with Crippen molar-refractivity contribution in [2.24, 2.45) is 0 Å². The van der Waals surface area contributed by atoms with Crippen molar-refractivity contribution in [3.8, 4) is 0 Å². The van der Waals surface area contributed by atoms with E-state index in [0.717, 1.165) is 35.7 Å². The van der Waals surface area contributed by atoms with E-state index in [1.807, 2.05) is 51.2 Å². The molecule has 0 radical (unpaired) electrons. The molecule has 106 valence electrons. The summed E-state index contributed by atoms with van der Waals surface area (Å²) in [6.45, 7) is 0.781. The molecule has 1 aliphatic rings. The lowest BCUT2D eigenvalue weighted by molar-refractivity contribution is 0.0734. The van der Waals surface area contributed by atoms with Gasteiger partial charge in [-0.05, 0) is 36.4 Å². The van der Waals surface area contributed by atoms with Gasteiger partial charge in [0.05, 0.1) is 10.9 Å². The van der Waals surface area contributed by atoms with Crippen LogP contribution in [0.4, 0.5) is 0 Å². The molecule has 1 amide bonds. The predicted octanol–water partition coefficient (Wildman–Crippen LogP) is 2.77. The molecular formula is C15H14N4OS. The number of hydrogen-bond acceptors (Lipinski definition) is 4. The Kier molecular flexibility index (Phi) is 2.96. The molecule has 1 saturated heterocycles. The number of rotatable bonds is 2. The van der Waals surface area contributed by atoms with Crippen LogP contribution in [0.25, 0.3) is 5.65 Å². The number of likely N-dealkylation sites (tertiary alicyclic amines) is 1. The highest BCUT2D eigenvalue weighted by Crippen LogP contribution is 2.32. The fourth-order valence-corrected chi connectivity index (χ4v) is 3.59. The van der Waals surface area contributed by atoms with Gasteiger partial charge in [-0.25, -0.2) is 0 Å². The number of pyridine rings is 1. The Bertz CT molecular complexity index is 780. The summed E-state index contributed by atoms with van der Waals surface area (Å²) in [5.41, 5.74) is 0.822. The number of amides is 1. The molecule has 0 aromatic carbocycles. The zero-order valence-corrected chi connectivity index (χ0v) is 12.2. The SMILES string of the molecule is O=C(c1cccs1)N1CCC[C@@H]1c1nnc2ccccn12. The number of fused-ring (bicyclic) bond motifs is 1. The molecular weight excluding hydrogens is 284 g/mol. The summed E-state index contributed by atoms with van der Waals surface area (Å²) in [4.78, 5) is 15.3. The van der Waals surface area contributed by atoms with E-state index < -0.39 is 0 Å². The Hall–Kier alpha value is -2.21. The van der Waals surface area contributed by atoms with Crippen molar-refractivity contribution in [2.75, 3.05) is 6.54 Å². The standard InChI is InChI=1S/C15H14N4OS/c20-15(12-6-4-10-21-12)18-9-3-5-11(18)14-17-16-13-7-1-2-8-19(13)14/h1-2,4,6-8,10-11H,3,5,9H2/t11-/m1/s1. The molecule has 0 bridgehead atoms. The van der Waals surface area contributed by atoms with Gasteiger partial charge >= 0.3 is 0 Å². The number of thiophene rings is 1. The molecule has 0 saturated carbocycles. The first kappa shape index (κ1) is 12.5. The van der Waals surface area contributed by atoms with E-state index in [1.54, 1.807) is 0 Å². The number of aromatic nitrogens is 3. The Morgan fingerprint density at radius 3 is 3.05 bits per heavy atom. The molecule has 3 aromatic rings. The van der Waals surface area contributed by atoms with Crippen molar-refractivity contribution in [3.05, 3.63) is 52.6 Å². The minimum Gasteiger partial charge on any atom is -0.328 e. The molecule has 1 atom stereocenters. The van der Waals surface area contributed by atoms with Crippen LogP contribution in [-0.2, 0) is 0 Å². The Balaban J connectivity index is 1.72. The summed E-state index contributed by atoms with van der Waals surface area (Å²) in [6, 6.07) is 9.63. The third-order valence-corrected chi connectivity index (χ3v) is 4.74. The lowest BCUT2D eigenvalue weighted by Crippen LogP contribution is -2.31. The van der Waals surface area contributed by atoms with Crippen LogP contribution in [0, 0.1) is 0 Å². The summed E-state index contributed by atoms with van der Waals surface area (Å²) in [5, 5.41) is 10.4. The molecule has 1 fully saturated rings. The summed E-state index contributed by atoms with van der Waals surface area (Å²) < 4.78 is 1.98. The van der Waals surface area contributed by atoms with Crippen LogP contribution in [0.15, 0.2) is 41.9 Å². The van der Waals surface area contributed by atoms with Crippen molar-refractivity contribution in [1.82, 2.24) is 19.5 Å². The molecule has 0 spiro atoms. The van der Waals surface area contributed by atoms with E-state index in [4.69, 9.17) is 0 Å². The smallest absolute Gasteiger partial charge is 0.264 e. The maximum atomic E-state index is 12.6.